The van der Waals surface area contributed by atoms with Gasteiger partial charge in [0.25, 0.3) is 0 Å². The van der Waals surface area contributed by atoms with Gasteiger partial charge in [0, 0.05) is 46.9 Å². The van der Waals surface area contributed by atoms with Crippen LogP contribution in [0.25, 0.3) is 0 Å². The van der Waals surface area contributed by atoms with Gasteiger partial charge < -0.3 is 10.2 Å². The molecule has 10 heteroatoms. The van der Waals surface area contributed by atoms with Crippen molar-refractivity contribution < 1.29 is 18.0 Å². The Labute approximate surface area is 207 Å². The van der Waals surface area contributed by atoms with Crippen LogP contribution in [0.2, 0.25) is 5.02 Å². The maximum Gasteiger partial charge on any atom is 0.244 e. The summed E-state index contributed by atoms with van der Waals surface area (Å²) in [5.41, 5.74) is 2.21. The van der Waals surface area contributed by atoms with Gasteiger partial charge in [-0.05, 0) is 77.2 Å². The highest BCUT2D eigenvalue weighted by molar-refractivity contribution is 9.10. The fourth-order valence-corrected chi connectivity index (χ4v) is 7.05. The van der Waals surface area contributed by atoms with E-state index < -0.39 is 15.9 Å². The predicted octanol–water partition coefficient (Wildman–Crippen LogP) is 4.44. The number of benzene rings is 2. The summed E-state index contributed by atoms with van der Waals surface area (Å²) in [5.74, 6) is -0.711. The molecular weight excluding hydrogens is 530 g/mol. The lowest BCUT2D eigenvalue weighted by Crippen LogP contribution is -2.43. The van der Waals surface area contributed by atoms with E-state index in [0.29, 0.717) is 59.6 Å². The molecule has 1 atom stereocenters. The number of halogens is 2. The molecule has 1 N–H and O–H groups in total. The van der Waals surface area contributed by atoms with Gasteiger partial charge in [0.2, 0.25) is 21.8 Å². The fraction of sp³-hybridized carbons (Fsp3) is 0.391. The number of nitrogens with one attached hydrogen (secondary N) is 1. The standard InChI is InChI=1S/C23H25BrClN3O4S/c1-2-22(29)28-11-9-15-12-19(24)21(13-20(15)28)33(31,32)27-10-3-4-16(14-27)23(30)26-18-7-5-17(25)6-8-18/h5-8,12-13,16H,2-4,9-11,14H2,1H3,(H,26,30). The topological polar surface area (TPSA) is 86.8 Å². The van der Waals surface area contributed by atoms with Crippen molar-refractivity contribution in [2.45, 2.75) is 37.5 Å². The van der Waals surface area contributed by atoms with Gasteiger partial charge in [0.15, 0.2) is 0 Å². The average molecular weight is 555 g/mol. The molecule has 2 aromatic rings. The highest BCUT2D eigenvalue weighted by Crippen LogP contribution is 2.37. The van der Waals surface area contributed by atoms with Crippen molar-refractivity contribution in [3.63, 3.8) is 0 Å². The number of fused-ring (bicyclic) bond motifs is 1. The summed E-state index contributed by atoms with van der Waals surface area (Å²) in [5, 5.41) is 3.42. The molecule has 2 aliphatic rings. The van der Waals surface area contributed by atoms with Crippen LogP contribution < -0.4 is 10.2 Å². The Morgan fingerprint density at radius 1 is 1.18 bits per heavy atom. The SMILES string of the molecule is CCC(=O)N1CCc2cc(Br)c(S(=O)(=O)N3CCCC(C(=O)Nc4ccc(Cl)cc4)C3)cc21. The third-order valence-electron chi connectivity index (χ3n) is 6.12. The van der Waals surface area contributed by atoms with Gasteiger partial charge in [-0.15, -0.1) is 0 Å². The number of carbonyl (C=O) groups is 2. The second kappa shape index (κ2) is 9.74. The number of carbonyl (C=O) groups excluding carboxylic acids is 2. The van der Waals surface area contributed by atoms with E-state index in [2.05, 4.69) is 21.2 Å². The largest absolute Gasteiger partial charge is 0.326 e. The van der Waals surface area contributed by atoms with Crippen LogP contribution in [0.1, 0.15) is 31.7 Å². The summed E-state index contributed by atoms with van der Waals surface area (Å²) < 4.78 is 29.0. The van der Waals surface area contributed by atoms with Gasteiger partial charge in [-0.1, -0.05) is 18.5 Å². The van der Waals surface area contributed by atoms with E-state index in [4.69, 9.17) is 11.6 Å². The summed E-state index contributed by atoms with van der Waals surface area (Å²) in [6.07, 6.45) is 2.24. The molecule has 0 aromatic heterocycles. The molecule has 0 aliphatic carbocycles. The van der Waals surface area contributed by atoms with Crippen LogP contribution in [0, 0.1) is 5.92 Å². The Morgan fingerprint density at radius 3 is 2.61 bits per heavy atom. The van der Waals surface area contributed by atoms with Crippen LogP contribution in [0.3, 0.4) is 0 Å². The molecule has 2 amide bonds. The molecule has 2 heterocycles. The van der Waals surface area contributed by atoms with Crippen LogP contribution in [-0.4, -0.2) is 44.2 Å². The van der Waals surface area contributed by atoms with Crippen LogP contribution >= 0.6 is 27.5 Å². The first-order valence-corrected chi connectivity index (χ1v) is 13.5. The first-order chi connectivity index (χ1) is 15.7. The minimum absolute atomic E-state index is 0.0312. The molecule has 2 aliphatic heterocycles. The average Bonchev–Trinajstić information content (AvgIpc) is 3.22. The lowest BCUT2D eigenvalue weighted by atomic mass is 9.99. The summed E-state index contributed by atoms with van der Waals surface area (Å²) in [6, 6.07) is 10.2. The number of anilines is 2. The molecule has 7 nitrogen and oxygen atoms in total. The van der Waals surface area contributed by atoms with Gasteiger partial charge in [0.1, 0.15) is 0 Å². The highest BCUT2D eigenvalue weighted by atomic mass is 79.9. The van der Waals surface area contributed by atoms with E-state index in [1.165, 1.54) is 4.31 Å². The second-order valence-electron chi connectivity index (χ2n) is 8.26. The summed E-state index contributed by atoms with van der Waals surface area (Å²) in [4.78, 5) is 26.9. The maximum absolute atomic E-state index is 13.6. The minimum Gasteiger partial charge on any atom is -0.326 e. The Balaban J connectivity index is 1.55. The van der Waals surface area contributed by atoms with Crippen molar-refractivity contribution in [3.05, 3.63) is 51.5 Å². The normalized spacial score (nSPS) is 18.8. The van der Waals surface area contributed by atoms with Crippen LogP contribution in [0.15, 0.2) is 45.8 Å². The van der Waals surface area contributed by atoms with Crippen molar-refractivity contribution in [1.29, 1.82) is 0 Å². The Morgan fingerprint density at radius 2 is 1.91 bits per heavy atom. The zero-order valence-corrected chi connectivity index (χ0v) is 21.3. The van der Waals surface area contributed by atoms with Crippen molar-refractivity contribution in [3.8, 4) is 0 Å². The summed E-state index contributed by atoms with van der Waals surface area (Å²) in [6.45, 7) is 2.78. The van der Waals surface area contributed by atoms with E-state index >= 15 is 0 Å². The van der Waals surface area contributed by atoms with Crippen molar-refractivity contribution in [2.75, 3.05) is 29.9 Å². The van der Waals surface area contributed by atoms with E-state index in [1.54, 1.807) is 48.2 Å². The van der Waals surface area contributed by atoms with Crippen molar-refractivity contribution in [1.82, 2.24) is 4.31 Å². The molecule has 176 valence electrons. The monoisotopic (exact) mass is 553 g/mol. The van der Waals surface area contributed by atoms with E-state index in [0.717, 1.165) is 5.56 Å². The highest BCUT2D eigenvalue weighted by Gasteiger charge is 2.36. The molecule has 1 unspecified atom stereocenters. The number of rotatable bonds is 5. The van der Waals surface area contributed by atoms with Gasteiger partial charge in [-0.2, -0.15) is 4.31 Å². The number of sulfonamides is 1. The van der Waals surface area contributed by atoms with Crippen LogP contribution in [0.5, 0.6) is 0 Å². The minimum atomic E-state index is -3.86. The second-order valence-corrected chi connectivity index (χ2v) is 11.5. The molecular formula is C23H25BrClN3O4S. The molecule has 0 spiro atoms. The van der Waals surface area contributed by atoms with E-state index in [-0.39, 0.29) is 23.3 Å². The van der Waals surface area contributed by atoms with Crippen LogP contribution in [0.4, 0.5) is 11.4 Å². The fourth-order valence-electron chi connectivity index (χ4n) is 4.33. The molecule has 1 fully saturated rings. The third kappa shape index (κ3) is 4.96. The lowest BCUT2D eigenvalue weighted by molar-refractivity contribution is -0.121. The molecule has 2 aromatic carbocycles. The number of nitrogens with zero attached hydrogens (tertiary/aromatic N) is 2. The van der Waals surface area contributed by atoms with E-state index in [1.807, 2.05) is 0 Å². The zero-order valence-electron chi connectivity index (χ0n) is 18.2. The Hall–Kier alpha value is -1.94. The van der Waals surface area contributed by atoms with Gasteiger partial charge in [0.05, 0.1) is 10.8 Å². The molecule has 0 bridgehead atoms. The molecule has 0 radical (unpaired) electrons. The molecule has 0 saturated carbocycles. The van der Waals surface area contributed by atoms with Crippen LogP contribution in [-0.2, 0) is 26.0 Å². The van der Waals surface area contributed by atoms with Gasteiger partial charge >= 0.3 is 0 Å². The first kappa shape index (κ1) is 24.2. The Bertz CT molecular complexity index is 1190. The smallest absolute Gasteiger partial charge is 0.244 e. The number of piperidine rings is 1. The predicted molar refractivity (Wildman–Crippen MR) is 132 cm³/mol. The summed E-state index contributed by atoms with van der Waals surface area (Å²) >= 11 is 9.32. The zero-order chi connectivity index (χ0) is 23.8. The van der Waals surface area contributed by atoms with Gasteiger partial charge in [-0.25, -0.2) is 8.42 Å². The molecule has 1 saturated heterocycles. The Kier molecular flexibility index (Phi) is 7.14. The van der Waals surface area contributed by atoms with Gasteiger partial charge in [-0.3, -0.25) is 9.59 Å². The number of hydrogen-bond acceptors (Lipinski definition) is 4. The lowest BCUT2D eigenvalue weighted by Gasteiger charge is -2.31. The van der Waals surface area contributed by atoms with Crippen molar-refractivity contribution >= 4 is 60.7 Å². The molecule has 4 rings (SSSR count). The number of hydrogen-bond donors (Lipinski definition) is 1. The first-order valence-electron chi connectivity index (χ1n) is 10.9. The third-order valence-corrected chi connectivity index (χ3v) is 9.19. The van der Waals surface area contributed by atoms with E-state index in [9.17, 15) is 18.0 Å². The quantitative estimate of drug-likeness (QED) is 0.592. The van der Waals surface area contributed by atoms with Crippen molar-refractivity contribution in [2.24, 2.45) is 5.92 Å². The molecule has 33 heavy (non-hydrogen) atoms. The summed E-state index contributed by atoms with van der Waals surface area (Å²) in [7, 11) is -3.86. The maximum atomic E-state index is 13.6. The number of amides is 2.